The van der Waals surface area contributed by atoms with Crippen molar-refractivity contribution in [3.05, 3.63) is 46.0 Å². The molecule has 2 aromatic heterocycles. The molecule has 2 aromatic rings. The van der Waals surface area contributed by atoms with E-state index in [2.05, 4.69) is 5.32 Å². The molecule has 0 radical (unpaired) electrons. The van der Waals surface area contributed by atoms with Gasteiger partial charge in [-0.3, -0.25) is 4.79 Å². The third-order valence-electron chi connectivity index (χ3n) is 2.96. The topological polar surface area (TPSA) is 51.5 Å². The summed E-state index contributed by atoms with van der Waals surface area (Å²) in [4.78, 5) is 12.6. The third-order valence-corrected chi connectivity index (χ3v) is 3.95. The van der Waals surface area contributed by atoms with Crippen LogP contribution in [0.5, 0.6) is 0 Å². The summed E-state index contributed by atoms with van der Waals surface area (Å²) in [6, 6.07) is 5.87. The molecule has 0 bridgehead atoms. The summed E-state index contributed by atoms with van der Waals surface area (Å²) in [5.41, 5.74) is 1.11. The van der Waals surface area contributed by atoms with Crippen molar-refractivity contribution in [3.8, 4) is 0 Å². The van der Waals surface area contributed by atoms with E-state index in [1.807, 2.05) is 30.5 Å². The molecule has 19 heavy (non-hydrogen) atoms. The standard InChI is InChI=1S/C14H17NO3S/c1-10-5-6-18-12(10)9-15-11(8-14(16)17-2)13-4-3-7-19-13/h3-7,11,15H,8-9H2,1-2H3. The number of carbonyl (C=O) groups excluding carboxylic acids is 1. The number of hydrogen-bond donors (Lipinski definition) is 1. The maximum absolute atomic E-state index is 11.5. The lowest BCUT2D eigenvalue weighted by atomic mass is 10.1. The van der Waals surface area contributed by atoms with Crippen LogP contribution in [0.2, 0.25) is 0 Å². The number of thiophene rings is 1. The molecule has 102 valence electrons. The van der Waals surface area contributed by atoms with Crippen LogP contribution in [-0.4, -0.2) is 13.1 Å². The van der Waals surface area contributed by atoms with Gasteiger partial charge >= 0.3 is 5.97 Å². The van der Waals surface area contributed by atoms with E-state index in [1.165, 1.54) is 7.11 Å². The molecule has 1 atom stereocenters. The van der Waals surface area contributed by atoms with Gasteiger partial charge in [0, 0.05) is 4.88 Å². The Morgan fingerprint density at radius 3 is 2.95 bits per heavy atom. The Bertz CT molecular complexity index is 519. The van der Waals surface area contributed by atoms with Crippen LogP contribution >= 0.6 is 11.3 Å². The third kappa shape index (κ3) is 3.68. The largest absolute Gasteiger partial charge is 0.469 e. The summed E-state index contributed by atoms with van der Waals surface area (Å²) >= 11 is 1.62. The predicted molar refractivity (Wildman–Crippen MR) is 74.0 cm³/mol. The molecule has 1 N–H and O–H groups in total. The fourth-order valence-electron chi connectivity index (χ4n) is 1.81. The van der Waals surface area contributed by atoms with Gasteiger partial charge in [0.05, 0.1) is 32.4 Å². The van der Waals surface area contributed by atoms with Gasteiger partial charge in [0.2, 0.25) is 0 Å². The molecule has 0 aliphatic heterocycles. The van der Waals surface area contributed by atoms with Crippen LogP contribution in [0.15, 0.2) is 34.3 Å². The van der Waals surface area contributed by atoms with Crippen LogP contribution in [0.25, 0.3) is 0 Å². The van der Waals surface area contributed by atoms with Crippen molar-refractivity contribution in [3.63, 3.8) is 0 Å². The summed E-state index contributed by atoms with van der Waals surface area (Å²) in [6.07, 6.45) is 1.99. The van der Waals surface area contributed by atoms with Crippen LogP contribution in [0, 0.1) is 6.92 Å². The molecule has 0 spiro atoms. The minimum Gasteiger partial charge on any atom is -0.469 e. The van der Waals surface area contributed by atoms with Crippen LogP contribution in [0.1, 0.15) is 28.7 Å². The number of nitrogens with one attached hydrogen (secondary N) is 1. The Hall–Kier alpha value is -1.59. The van der Waals surface area contributed by atoms with Gasteiger partial charge in [-0.05, 0) is 30.0 Å². The van der Waals surface area contributed by atoms with Crippen molar-refractivity contribution < 1.29 is 13.9 Å². The Morgan fingerprint density at radius 2 is 2.37 bits per heavy atom. The normalized spacial score (nSPS) is 12.3. The van der Waals surface area contributed by atoms with E-state index < -0.39 is 0 Å². The smallest absolute Gasteiger partial charge is 0.307 e. The Morgan fingerprint density at radius 1 is 1.53 bits per heavy atom. The second kappa shape index (κ2) is 6.54. The van der Waals surface area contributed by atoms with E-state index >= 15 is 0 Å². The van der Waals surface area contributed by atoms with Crippen molar-refractivity contribution in [2.75, 3.05) is 7.11 Å². The average molecular weight is 279 g/mol. The zero-order valence-corrected chi connectivity index (χ0v) is 11.8. The minimum absolute atomic E-state index is 0.0445. The Balaban J connectivity index is 2.02. The molecule has 0 aromatic carbocycles. The van der Waals surface area contributed by atoms with E-state index in [1.54, 1.807) is 17.6 Å². The molecule has 0 fully saturated rings. The lowest BCUT2D eigenvalue weighted by Crippen LogP contribution is -2.23. The summed E-state index contributed by atoms with van der Waals surface area (Å²) in [5.74, 6) is 0.675. The van der Waals surface area contributed by atoms with Gasteiger partial charge in [-0.15, -0.1) is 11.3 Å². The Labute approximate surface area is 116 Å². The van der Waals surface area contributed by atoms with Gasteiger partial charge in [-0.25, -0.2) is 0 Å². The van der Waals surface area contributed by atoms with Gasteiger partial charge in [-0.1, -0.05) is 6.07 Å². The van der Waals surface area contributed by atoms with Gasteiger partial charge in [-0.2, -0.15) is 0 Å². The number of hydrogen-bond acceptors (Lipinski definition) is 5. The zero-order valence-electron chi connectivity index (χ0n) is 11.0. The first-order valence-corrected chi connectivity index (χ1v) is 6.95. The molecule has 4 nitrogen and oxygen atoms in total. The fraction of sp³-hybridized carbons (Fsp3) is 0.357. The number of furan rings is 1. The molecule has 0 aliphatic rings. The van der Waals surface area contributed by atoms with Gasteiger partial charge in [0.15, 0.2) is 0 Å². The quantitative estimate of drug-likeness (QED) is 0.826. The number of aryl methyl sites for hydroxylation is 1. The maximum Gasteiger partial charge on any atom is 0.307 e. The van der Waals surface area contributed by atoms with Crippen LogP contribution in [-0.2, 0) is 16.1 Å². The highest BCUT2D eigenvalue weighted by Gasteiger charge is 2.17. The number of carbonyl (C=O) groups is 1. The molecule has 5 heteroatoms. The molecule has 2 heterocycles. The van der Waals surface area contributed by atoms with Crippen molar-refractivity contribution in [1.29, 1.82) is 0 Å². The number of methoxy groups -OCH3 is 1. The van der Waals surface area contributed by atoms with Crippen LogP contribution in [0.3, 0.4) is 0 Å². The first kappa shape index (κ1) is 13.8. The highest BCUT2D eigenvalue weighted by atomic mass is 32.1. The number of ether oxygens (including phenoxy) is 1. The number of esters is 1. The fourth-order valence-corrected chi connectivity index (χ4v) is 2.62. The van der Waals surface area contributed by atoms with Gasteiger partial charge in [0.1, 0.15) is 5.76 Å². The highest BCUT2D eigenvalue weighted by molar-refractivity contribution is 7.10. The first-order chi connectivity index (χ1) is 9.20. The molecule has 0 saturated carbocycles. The van der Waals surface area contributed by atoms with E-state index in [0.717, 1.165) is 16.2 Å². The number of rotatable bonds is 6. The second-order valence-corrected chi connectivity index (χ2v) is 5.24. The van der Waals surface area contributed by atoms with Gasteiger partial charge in [0.25, 0.3) is 0 Å². The lowest BCUT2D eigenvalue weighted by molar-refractivity contribution is -0.141. The van der Waals surface area contributed by atoms with E-state index in [0.29, 0.717) is 13.0 Å². The summed E-state index contributed by atoms with van der Waals surface area (Å²) < 4.78 is 10.1. The van der Waals surface area contributed by atoms with Crippen LogP contribution < -0.4 is 5.32 Å². The monoisotopic (exact) mass is 279 g/mol. The molecule has 0 amide bonds. The molecule has 1 unspecified atom stereocenters. The van der Waals surface area contributed by atoms with Crippen molar-refractivity contribution >= 4 is 17.3 Å². The second-order valence-electron chi connectivity index (χ2n) is 4.26. The zero-order chi connectivity index (χ0) is 13.7. The van der Waals surface area contributed by atoms with Crippen LogP contribution in [0.4, 0.5) is 0 Å². The van der Waals surface area contributed by atoms with Crippen molar-refractivity contribution in [1.82, 2.24) is 5.32 Å². The van der Waals surface area contributed by atoms with E-state index in [9.17, 15) is 4.79 Å². The molecular formula is C14H17NO3S. The SMILES string of the molecule is COC(=O)CC(NCc1occc1C)c1cccs1. The first-order valence-electron chi connectivity index (χ1n) is 6.07. The molecule has 2 rings (SSSR count). The average Bonchev–Trinajstić information content (AvgIpc) is 3.06. The van der Waals surface area contributed by atoms with Crippen molar-refractivity contribution in [2.24, 2.45) is 0 Å². The molecule has 0 aliphatic carbocycles. The summed E-state index contributed by atoms with van der Waals surface area (Å²) in [6.45, 7) is 2.60. The lowest BCUT2D eigenvalue weighted by Gasteiger charge is -2.15. The van der Waals surface area contributed by atoms with Gasteiger partial charge < -0.3 is 14.5 Å². The maximum atomic E-state index is 11.5. The molecular weight excluding hydrogens is 262 g/mol. The highest BCUT2D eigenvalue weighted by Crippen LogP contribution is 2.23. The molecule has 0 saturated heterocycles. The Kier molecular flexibility index (Phi) is 4.76. The minimum atomic E-state index is -0.220. The van der Waals surface area contributed by atoms with E-state index in [4.69, 9.17) is 9.15 Å². The summed E-state index contributed by atoms with van der Waals surface area (Å²) in [5, 5.41) is 5.35. The van der Waals surface area contributed by atoms with E-state index in [-0.39, 0.29) is 12.0 Å². The van der Waals surface area contributed by atoms with Crippen molar-refractivity contribution in [2.45, 2.75) is 25.9 Å². The predicted octanol–water partition coefficient (Wildman–Crippen LogP) is 3.04. The summed E-state index contributed by atoms with van der Waals surface area (Å²) in [7, 11) is 1.41.